The SMILES string of the molecule is Fc1cc(NCc2c(F)ccc(Br)c2F)cc(F)c1F. The van der Waals surface area contributed by atoms with Crippen LogP contribution in [0.4, 0.5) is 27.6 Å². The summed E-state index contributed by atoms with van der Waals surface area (Å²) < 4.78 is 65.9. The van der Waals surface area contributed by atoms with Crippen molar-refractivity contribution in [3.63, 3.8) is 0 Å². The average molecular weight is 352 g/mol. The fraction of sp³-hybridized carbons (Fsp3) is 0.0769. The van der Waals surface area contributed by atoms with Gasteiger partial charge in [-0.15, -0.1) is 0 Å². The molecule has 106 valence electrons. The van der Waals surface area contributed by atoms with Gasteiger partial charge < -0.3 is 5.32 Å². The summed E-state index contributed by atoms with van der Waals surface area (Å²) in [4.78, 5) is 0. The minimum atomic E-state index is -1.60. The molecule has 0 bridgehead atoms. The zero-order valence-electron chi connectivity index (χ0n) is 9.78. The van der Waals surface area contributed by atoms with E-state index in [1.807, 2.05) is 0 Å². The van der Waals surface area contributed by atoms with Gasteiger partial charge in [-0.25, -0.2) is 22.0 Å². The molecule has 0 unspecified atom stereocenters. The molecular formula is C13H7BrF5N. The highest BCUT2D eigenvalue weighted by molar-refractivity contribution is 9.10. The molecule has 0 saturated carbocycles. The molecule has 0 spiro atoms. The van der Waals surface area contributed by atoms with Crippen molar-refractivity contribution in [2.75, 3.05) is 5.32 Å². The predicted molar refractivity (Wildman–Crippen MR) is 67.7 cm³/mol. The smallest absolute Gasteiger partial charge is 0.194 e. The van der Waals surface area contributed by atoms with Crippen molar-refractivity contribution >= 4 is 21.6 Å². The third kappa shape index (κ3) is 2.92. The molecule has 7 heteroatoms. The molecule has 0 atom stereocenters. The van der Waals surface area contributed by atoms with Gasteiger partial charge in [0.1, 0.15) is 11.6 Å². The summed E-state index contributed by atoms with van der Waals surface area (Å²) in [6.07, 6.45) is 0. The molecular weight excluding hydrogens is 345 g/mol. The van der Waals surface area contributed by atoms with E-state index in [-0.39, 0.29) is 22.3 Å². The van der Waals surface area contributed by atoms with E-state index in [1.165, 1.54) is 6.07 Å². The summed E-state index contributed by atoms with van der Waals surface area (Å²) in [6.45, 7) is -0.346. The molecule has 0 saturated heterocycles. The summed E-state index contributed by atoms with van der Waals surface area (Å²) in [5.41, 5.74) is -0.426. The second-order valence-corrected chi connectivity index (χ2v) is 4.78. The second kappa shape index (κ2) is 5.78. The van der Waals surface area contributed by atoms with Crippen molar-refractivity contribution < 1.29 is 22.0 Å². The molecule has 2 aromatic rings. The first-order chi connectivity index (χ1) is 9.40. The molecule has 0 radical (unpaired) electrons. The maximum absolute atomic E-state index is 13.7. The largest absolute Gasteiger partial charge is 0.381 e. The number of benzene rings is 2. The van der Waals surface area contributed by atoms with Gasteiger partial charge in [0, 0.05) is 29.9 Å². The molecule has 0 heterocycles. The van der Waals surface area contributed by atoms with Crippen molar-refractivity contribution in [3.8, 4) is 0 Å². The molecule has 0 aliphatic heterocycles. The lowest BCUT2D eigenvalue weighted by Gasteiger charge is -2.10. The third-order valence-corrected chi connectivity index (χ3v) is 3.20. The lowest BCUT2D eigenvalue weighted by molar-refractivity contribution is 0.447. The fourth-order valence-electron chi connectivity index (χ4n) is 1.58. The Morgan fingerprint density at radius 1 is 0.850 bits per heavy atom. The number of rotatable bonds is 3. The Balaban J connectivity index is 2.24. The van der Waals surface area contributed by atoms with Gasteiger partial charge in [0.2, 0.25) is 0 Å². The van der Waals surface area contributed by atoms with Gasteiger partial charge in [0.05, 0.1) is 4.47 Å². The molecule has 1 N–H and O–H groups in total. The van der Waals surface area contributed by atoms with Crippen molar-refractivity contribution in [3.05, 3.63) is 63.4 Å². The molecule has 0 aromatic heterocycles. The van der Waals surface area contributed by atoms with Crippen LogP contribution in [0.1, 0.15) is 5.56 Å². The van der Waals surface area contributed by atoms with Crippen LogP contribution >= 0.6 is 15.9 Å². The van der Waals surface area contributed by atoms with Gasteiger partial charge in [0.15, 0.2) is 17.5 Å². The van der Waals surface area contributed by atoms with Crippen LogP contribution < -0.4 is 5.32 Å². The summed E-state index contributed by atoms with van der Waals surface area (Å²) in [5.74, 6) is -6.00. The summed E-state index contributed by atoms with van der Waals surface area (Å²) in [7, 11) is 0. The predicted octanol–water partition coefficient (Wildman–Crippen LogP) is 4.76. The third-order valence-electron chi connectivity index (χ3n) is 2.59. The number of hydrogen-bond acceptors (Lipinski definition) is 1. The summed E-state index contributed by atoms with van der Waals surface area (Å²) in [6, 6.07) is 3.65. The maximum Gasteiger partial charge on any atom is 0.194 e. The molecule has 0 aliphatic rings. The van der Waals surface area contributed by atoms with E-state index in [1.54, 1.807) is 0 Å². The van der Waals surface area contributed by atoms with Gasteiger partial charge in [-0.05, 0) is 28.1 Å². The number of anilines is 1. The monoisotopic (exact) mass is 351 g/mol. The van der Waals surface area contributed by atoms with Crippen LogP contribution in [0.2, 0.25) is 0 Å². The zero-order valence-corrected chi connectivity index (χ0v) is 11.4. The first kappa shape index (κ1) is 14.8. The standard InChI is InChI=1S/C13H7BrF5N/c14-8-1-2-9(15)7(12(8)18)5-20-6-3-10(16)13(19)11(17)4-6/h1-4,20H,5H2. The highest BCUT2D eigenvalue weighted by atomic mass is 79.9. The van der Waals surface area contributed by atoms with Gasteiger partial charge in [-0.1, -0.05) is 0 Å². The maximum atomic E-state index is 13.7. The number of hydrogen-bond donors (Lipinski definition) is 1. The van der Waals surface area contributed by atoms with E-state index in [4.69, 9.17) is 0 Å². The summed E-state index contributed by atoms with van der Waals surface area (Å²) in [5, 5.41) is 2.43. The topological polar surface area (TPSA) is 12.0 Å². The fourth-order valence-corrected chi connectivity index (χ4v) is 1.95. The Bertz CT molecular complexity index is 636. The lowest BCUT2D eigenvalue weighted by atomic mass is 10.2. The van der Waals surface area contributed by atoms with Gasteiger partial charge in [0.25, 0.3) is 0 Å². The Morgan fingerprint density at radius 3 is 2.05 bits per heavy atom. The molecule has 2 rings (SSSR count). The Morgan fingerprint density at radius 2 is 1.45 bits per heavy atom. The van der Waals surface area contributed by atoms with Gasteiger partial charge >= 0.3 is 0 Å². The van der Waals surface area contributed by atoms with E-state index in [0.717, 1.165) is 6.07 Å². The highest BCUT2D eigenvalue weighted by Gasteiger charge is 2.14. The first-order valence-corrected chi connectivity index (χ1v) is 6.20. The first-order valence-electron chi connectivity index (χ1n) is 5.41. The van der Waals surface area contributed by atoms with E-state index in [0.29, 0.717) is 12.1 Å². The molecule has 2 aromatic carbocycles. The number of nitrogens with one attached hydrogen (secondary N) is 1. The van der Waals surface area contributed by atoms with Crippen LogP contribution in [0, 0.1) is 29.1 Å². The average Bonchev–Trinajstić information content (AvgIpc) is 2.40. The van der Waals surface area contributed by atoms with Crippen molar-refractivity contribution in [1.82, 2.24) is 0 Å². The van der Waals surface area contributed by atoms with Crippen molar-refractivity contribution in [2.24, 2.45) is 0 Å². The van der Waals surface area contributed by atoms with Crippen LogP contribution in [-0.4, -0.2) is 0 Å². The summed E-state index contributed by atoms with van der Waals surface area (Å²) >= 11 is 2.90. The lowest BCUT2D eigenvalue weighted by Crippen LogP contribution is -2.06. The number of halogens is 6. The van der Waals surface area contributed by atoms with Crippen molar-refractivity contribution in [1.29, 1.82) is 0 Å². The van der Waals surface area contributed by atoms with Gasteiger partial charge in [-0.3, -0.25) is 0 Å². The Labute approximate surface area is 119 Å². The minimum Gasteiger partial charge on any atom is -0.381 e. The Kier molecular flexibility index (Phi) is 4.27. The van der Waals surface area contributed by atoms with Gasteiger partial charge in [-0.2, -0.15) is 0 Å². The normalized spacial score (nSPS) is 10.7. The molecule has 0 fully saturated rings. The quantitative estimate of drug-likeness (QED) is 0.477. The van der Waals surface area contributed by atoms with E-state index >= 15 is 0 Å². The van der Waals surface area contributed by atoms with E-state index < -0.39 is 29.1 Å². The second-order valence-electron chi connectivity index (χ2n) is 3.93. The molecule has 1 nitrogen and oxygen atoms in total. The van der Waals surface area contributed by atoms with Crippen LogP contribution in [0.3, 0.4) is 0 Å². The van der Waals surface area contributed by atoms with Crippen molar-refractivity contribution in [2.45, 2.75) is 6.54 Å². The molecule has 0 amide bonds. The van der Waals surface area contributed by atoms with E-state index in [9.17, 15) is 22.0 Å². The minimum absolute atomic E-state index is 0.0622. The van der Waals surface area contributed by atoms with E-state index in [2.05, 4.69) is 21.2 Å². The van der Waals surface area contributed by atoms with Crippen LogP contribution in [0.15, 0.2) is 28.7 Å². The van der Waals surface area contributed by atoms with Crippen LogP contribution in [0.5, 0.6) is 0 Å². The van der Waals surface area contributed by atoms with Crippen LogP contribution in [-0.2, 0) is 6.54 Å². The Hall–Kier alpha value is -1.63. The molecule has 20 heavy (non-hydrogen) atoms. The zero-order chi connectivity index (χ0) is 14.9. The molecule has 0 aliphatic carbocycles. The highest BCUT2D eigenvalue weighted by Crippen LogP contribution is 2.23. The van der Waals surface area contributed by atoms with Crippen LogP contribution in [0.25, 0.3) is 0 Å².